The van der Waals surface area contributed by atoms with Crippen molar-refractivity contribution in [2.45, 2.75) is 31.6 Å². The zero-order valence-corrected chi connectivity index (χ0v) is 19.5. The topological polar surface area (TPSA) is 105 Å². The quantitative estimate of drug-likeness (QED) is 0.432. The summed E-state index contributed by atoms with van der Waals surface area (Å²) in [6.45, 7) is -0.884. The number of halogens is 3. The number of imidazole rings is 1. The van der Waals surface area contributed by atoms with Gasteiger partial charge in [0.25, 0.3) is 5.56 Å². The molecule has 0 aliphatic carbocycles. The van der Waals surface area contributed by atoms with Crippen LogP contribution < -0.4 is 16.6 Å². The molecule has 0 saturated carbocycles. The zero-order valence-electron chi connectivity index (χ0n) is 19.5. The molecule has 1 aliphatic rings. The molecule has 9 nitrogen and oxygen atoms in total. The van der Waals surface area contributed by atoms with Crippen molar-refractivity contribution in [2.75, 3.05) is 18.4 Å². The number of amides is 2. The highest BCUT2D eigenvalue weighted by Crippen LogP contribution is 2.26. The van der Waals surface area contributed by atoms with Crippen LogP contribution in [0.5, 0.6) is 0 Å². The molecule has 2 amide bonds. The molecule has 2 N–H and O–H groups in total. The van der Waals surface area contributed by atoms with Crippen LogP contribution in [0.15, 0.2) is 70.5 Å². The zero-order chi connectivity index (χ0) is 26.2. The predicted molar refractivity (Wildman–Crippen MR) is 131 cm³/mol. The second-order valence-corrected chi connectivity index (χ2v) is 8.88. The molecular formula is C25H23F3N6O3. The number of rotatable bonds is 4. The Hall–Kier alpha value is -4.35. The Labute approximate surface area is 208 Å². The van der Waals surface area contributed by atoms with Gasteiger partial charge in [0.15, 0.2) is 5.65 Å². The highest BCUT2D eigenvalue weighted by molar-refractivity contribution is 5.90. The summed E-state index contributed by atoms with van der Waals surface area (Å²) in [5.41, 5.74) is 0.674. The summed E-state index contributed by atoms with van der Waals surface area (Å²) in [4.78, 5) is 46.6. The van der Waals surface area contributed by atoms with Crippen LogP contribution in [-0.4, -0.2) is 49.3 Å². The lowest BCUT2D eigenvalue weighted by molar-refractivity contribution is -0.141. The Bertz CT molecular complexity index is 1550. The standard InChI is InChI=1S/C25H23F3N6O3/c26-25(27,28)15-33-14-17(16-5-2-1-3-6-16)13-19(22(33)35)30-23(36)32-11-8-18(9-12-32)34-20-7-4-10-29-21(20)31-24(34)37/h1-7,10,13-14,18H,8-9,11-12,15H2,(H,30,36)(H,29,31,37). The van der Waals surface area contributed by atoms with Gasteiger partial charge in [0.2, 0.25) is 0 Å². The lowest BCUT2D eigenvalue weighted by Crippen LogP contribution is -2.43. The Morgan fingerprint density at radius 2 is 1.78 bits per heavy atom. The van der Waals surface area contributed by atoms with E-state index in [9.17, 15) is 27.6 Å². The van der Waals surface area contributed by atoms with Crippen molar-refractivity contribution < 1.29 is 18.0 Å². The van der Waals surface area contributed by atoms with Gasteiger partial charge in [-0.1, -0.05) is 30.3 Å². The number of aromatic nitrogens is 4. The number of nitrogens with zero attached hydrogens (tertiary/aromatic N) is 4. The van der Waals surface area contributed by atoms with E-state index in [2.05, 4.69) is 15.3 Å². The van der Waals surface area contributed by atoms with Gasteiger partial charge in [-0.2, -0.15) is 13.2 Å². The van der Waals surface area contributed by atoms with Gasteiger partial charge in [0, 0.05) is 37.1 Å². The molecule has 4 aromatic rings. The third-order valence-electron chi connectivity index (χ3n) is 6.39. The summed E-state index contributed by atoms with van der Waals surface area (Å²) in [6.07, 6.45) is -0.918. The van der Waals surface area contributed by atoms with Crippen molar-refractivity contribution in [2.24, 2.45) is 0 Å². The number of carbonyl (C=O) groups is 1. The fourth-order valence-corrected chi connectivity index (χ4v) is 4.67. The highest BCUT2D eigenvalue weighted by Gasteiger charge is 2.30. The number of alkyl halides is 3. The van der Waals surface area contributed by atoms with Crippen LogP contribution in [0.25, 0.3) is 22.3 Å². The molecular weight excluding hydrogens is 489 g/mol. The van der Waals surface area contributed by atoms with Gasteiger partial charge in [0.05, 0.1) is 5.52 Å². The summed E-state index contributed by atoms with van der Waals surface area (Å²) in [5, 5.41) is 2.51. The number of nitrogens with one attached hydrogen (secondary N) is 2. The number of likely N-dealkylation sites (tertiary alicyclic amines) is 1. The molecule has 12 heteroatoms. The number of fused-ring (bicyclic) bond motifs is 1. The summed E-state index contributed by atoms with van der Waals surface area (Å²) in [5.74, 6) is 0. The first-order valence-electron chi connectivity index (χ1n) is 11.7. The lowest BCUT2D eigenvalue weighted by atomic mass is 10.0. The first-order valence-corrected chi connectivity index (χ1v) is 11.7. The number of urea groups is 1. The van der Waals surface area contributed by atoms with E-state index in [0.717, 1.165) is 6.20 Å². The monoisotopic (exact) mass is 512 g/mol. The van der Waals surface area contributed by atoms with Gasteiger partial charge in [-0.05, 0) is 36.6 Å². The van der Waals surface area contributed by atoms with Gasteiger partial charge in [-0.3, -0.25) is 14.3 Å². The van der Waals surface area contributed by atoms with Gasteiger partial charge < -0.3 is 14.8 Å². The van der Waals surface area contributed by atoms with Crippen LogP contribution in [0.4, 0.5) is 23.7 Å². The first-order chi connectivity index (χ1) is 17.7. The van der Waals surface area contributed by atoms with Crippen LogP contribution in [0.2, 0.25) is 0 Å². The number of H-pyrrole nitrogens is 1. The Kier molecular flexibility index (Phi) is 6.32. The average Bonchev–Trinajstić information content (AvgIpc) is 3.21. The van der Waals surface area contributed by atoms with Gasteiger partial charge in [-0.15, -0.1) is 0 Å². The van der Waals surface area contributed by atoms with Crippen molar-refractivity contribution in [1.29, 1.82) is 0 Å². The molecule has 0 radical (unpaired) electrons. The molecule has 1 aromatic carbocycles. The molecule has 0 spiro atoms. The predicted octanol–water partition coefficient (Wildman–Crippen LogP) is 3.98. The molecule has 1 saturated heterocycles. The van der Waals surface area contributed by atoms with Crippen molar-refractivity contribution in [1.82, 2.24) is 24.0 Å². The minimum Gasteiger partial charge on any atom is -0.324 e. The van der Waals surface area contributed by atoms with E-state index < -0.39 is 24.3 Å². The van der Waals surface area contributed by atoms with Crippen molar-refractivity contribution >= 4 is 22.9 Å². The number of hydrogen-bond donors (Lipinski definition) is 2. The van der Waals surface area contributed by atoms with E-state index in [1.54, 1.807) is 53.2 Å². The lowest BCUT2D eigenvalue weighted by Gasteiger charge is -2.32. The van der Waals surface area contributed by atoms with Crippen LogP contribution >= 0.6 is 0 Å². The summed E-state index contributed by atoms with van der Waals surface area (Å²) in [6, 6.07) is 12.8. The molecule has 1 aliphatic heterocycles. The molecule has 4 heterocycles. The largest absolute Gasteiger partial charge is 0.406 e. The number of piperidine rings is 1. The second-order valence-electron chi connectivity index (χ2n) is 8.88. The third-order valence-corrected chi connectivity index (χ3v) is 6.39. The Balaban J connectivity index is 1.35. The first kappa shape index (κ1) is 24.3. The SMILES string of the molecule is O=C(Nc1cc(-c2ccccc2)cn(CC(F)(F)F)c1=O)N1CCC(n2c(=O)[nH]c3ncccc32)CC1. The van der Waals surface area contributed by atoms with Crippen LogP contribution in [0, 0.1) is 0 Å². The molecule has 1 fully saturated rings. The molecule has 0 unspecified atom stereocenters. The Morgan fingerprint density at radius 3 is 2.49 bits per heavy atom. The molecule has 3 aromatic heterocycles. The maximum Gasteiger partial charge on any atom is 0.406 e. The van der Waals surface area contributed by atoms with Crippen LogP contribution in [-0.2, 0) is 6.54 Å². The van der Waals surface area contributed by atoms with Gasteiger partial charge in [0.1, 0.15) is 12.2 Å². The smallest absolute Gasteiger partial charge is 0.324 e. The van der Waals surface area contributed by atoms with Crippen LogP contribution in [0.3, 0.4) is 0 Å². The van der Waals surface area contributed by atoms with Gasteiger partial charge in [-0.25, -0.2) is 14.6 Å². The number of hydrogen-bond acceptors (Lipinski definition) is 4. The summed E-state index contributed by atoms with van der Waals surface area (Å²) in [7, 11) is 0. The molecule has 192 valence electrons. The van der Waals surface area contributed by atoms with Crippen LogP contribution in [0.1, 0.15) is 18.9 Å². The molecule has 5 rings (SSSR count). The normalized spacial score (nSPS) is 14.7. The van der Waals surface area contributed by atoms with Crippen molar-refractivity contribution in [3.05, 3.63) is 81.8 Å². The number of carbonyl (C=O) groups excluding carboxylic acids is 1. The number of aromatic amines is 1. The molecule has 37 heavy (non-hydrogen) atoms. The van der Waals surface area contributed by atoms with Crippen molar-refractivity contribution in [3.63, 3.8) is 0 Å². The molecule has 0 atom stereocenters. The minimum atomic E-state index is -4.61. The number of pyridine rings is 2. The van der Waals surface area contributed by atoms with E-state index in [1.807, 2.05) is 0 Å². The minimum absolute atomic E-state index is 0.153. The van der Waals surface area contributed by atoms with E-state index in [4.69, 9.17) is 0 Å². The number of benzene rings is 1. The third kappa shape index (κ3) is 5.13. The van der Waals surface area contributed by atoms with E-state index >= 15 is 0 Å². The van der Waals surface area contributed by atoms with E-state index in [1.165, 1.54) is 11.0 Å². The summed E-state index contributed by atoms with van der Waals surface area (Å²) >= 11 is 0. The number of anilines is 1. The maximum absolute atomic E-state index is 13.1. The molecule has 0 bridgehead atoms. The average molecular weight is 512 g/mol. The van der Waals surface area contributed by atoms with Crippen molar-refractivity contribution in [3.8, 4) is 11.1 Å². The van der Waals surface area contributed by atoms with E-state index in [-0.39, 0.29) is 17.4 Å². The fourth-order valence-electron chi connectivity index (χ4n) is 4.67. The van der Waals surface area contributed by atoms with Gasteiger partial charge >= 0.3 is 17.9 Å². The Morgan fingerprint density at radius 1 is 1.05 bits per heavy atom. The van der Waals surface area contributed by atoms with E-state index in [0.29, 0.717) is 52.8 Å². The second kappa shape index (κ2) is 9.60. The highest BCUT2D eigenvalue weighted by atomic mass is 19.4. The maximum atomic E-state index is 13.1. The summed E-state index contributed by atoms with van der Waals surface area (Å²) < 4.78 is 41.6. The fraction of sp³-hybridized carbons (Fsp3) is 0.280.